The summed E-state index contributed by atoms with van der Waals surface area (Å²) in [6, 6.07) is 5.12. The Morgan fingerprint density at radius 2 is 1.83 bits per heavy atom. The van der Waals surface area contributed by atoms with Gasteiger partial charge in [0, 0.05) is 20.0 Å². The van der Waals surface area contributed by atoms with Crippen molar-refractivity contribution in [3.63, 3.8) is 0 Å². The standard InChI is InChI=1S/C16H19F3N2O2/c1-23-9-8-13-14(10-22)21-15(20-13)7-4-11-2-5-12(6-3-11)16(17,18)19/h2-3,5-6,22H,4,7-10H2,1H3,(H,20,21). The van der Waals surface area contributed by atoms with Crippen LogP contribution in [-0.4, -0.2) is 28.8 Å². The zero-order valence-corrected chi connectivity index (χ0v) is 12.8. The second-order valence-electron chi connectivity index (χ2n) is 5.20. The molecule has 0 spiro atoms. The molecule has 0 aliphatic rings. The van der Waals surface area contributed by atoms with Gasteiger partial charge in [-0.15, -0.1) is 0 Å². The zero-order chi connectivity index (χ0) is 16.9. The molecule has 2 N–H and O–H groups in total. The number of aliphatic hydroxyl groups excluding tert-OH is 1. The Labute approximate surface area is 132 Å². The van der Waals surface area contributed by atoms with Gasteiger partial charge in [-0.25, -0.2) is 4.98 Å². The Kier molecular flexibility index (Phi) is 5.79. The molecule has 2 aromatic rings. The molecule has 0 aliphatic heterocycles. The van der Waals surface area contributed by atoms with Crippen LogP contribution in [-0.2, 0) is 36.8 Å². The van der Waals surface area contributed by atoms with E-state index in [1.807, 2.05) is 0 Å². The number of aromatic nitrogens is 2. The normalized spacial score (nSPS) is 11.9. The number of aromatic amines is 1. The number of aliphatic hydroxyl groups is 1. The minimum absolute atomic E-state index is 0.133. The summed E-state index contributed by atoms with van der Waals surface area (Å²) in [5.41, 5.74) is 1.57. The fourth-order valence-corrected chi connectivity index (χ4v) is 2.28. The first-order valence-corrected chi connectivity index (χ1v) is 7.26. The van der Waals surface area contributed by atoms with Gasteiger partial charge in [0.25, 0.3) is 0 Å². The van der Waals surface area contributed by atoms with Crippen LogP contribution in [0.1, 0.15) is 28.3 Å². The van der Waals surface area contributed by atoms with E-state index in [0.29, 0.717) is 37.4 Å². The Balaban J connectivity index is 1.99. The van der Waals surface area contributed by atoms with Gasteiger partial charge in [0.2, 0.25) is 0 Å². The summed E-state index contributed by atoms with van der Waals surface area (Å²) < 4.78 is 42.5. The Bertz CT molecular complexity index is 621. The largest absolute Gasteiger partial charge is 0.416 e. The number of nitrogens with zero attached hydrogens (tertiary/aromatic N) is 1. The second-order valence-corrected chi connectivity index (χ2v) is 5.20. The van der Waals surface area contributed by atoms with Gasteiger partial charge >= 0.3 is 6.18 Å². The number of halogens is 3. The average Bonchev–Trinajstić information content (AvgIpc) is 2.92. The summed E-state index contributed by atoms with van der Waals surface area (Å²) in [5, 5.41) is 9.30. The third kappa shape index (κ3) is 4.80. The van der Waals surface area contributed by atoms with Gasteiger partial charge in [0.1, 0.15) is 5.82 Å². The maximum atomic E-state index is 12.5. The van der Waals surface area contributed by atoms with Crippen molar-refractivity contribution in [2.45, 2.75) is 32.0 Å². The van der Waals surface area contributed by atoms with Crippen LogP contribution in [0.3, 0.4) is 0 Å². The SMILES string of the molecule is COCCc1nc(CCc2ccc(C(F)(F)F)cc2)[nH]c1CO. The highest BCUT2D eigenvalue weighted by molar-refractivity contribution is 5.25. The highest BCUT2D eigenvalue weighted by atomic mass is 19.4. The molecule has 2 rings (SSSR count). The van der Waals surface area contributed by atoms with Gasteiger partial charge in [0.15, 0.2) is 0 Å². The lowest BCUT2D eigenvalue weighted by Gasteiger charge is -2.07. The van der Waals surface area contributed by atoms with Crippen LogP contribution in [0, 0.1) is 0 Å². The molecule has 0 bridgehead atoms. The summed E-state index contributed by atoms with van der Waals surface area (Å²) in [4.78, 5) is 7.46. The van der Waals surface area contributed by atoms with Crippen molar-refractivity contribution >= 4 is 0 Å². The molecular formula is C16H19F3N2O2. The van der Waals surface area contributed by atoms with Crippen molar-refractivity contribution in [1.29, 1.82) is 0 Å². The van der Waals surface area contributed by atoms with Crippen LogP contribution in [0.15, 0.2) is 24.3 Å². The van der Waals surface area contributed by atoms with Gasteiger partial charge < -0.3 is 14.8 Å². The van der Waals surface area contributed by atoms with Gasteiger partial charge in [-0.3, -0.25) is 0 Å². The first-order valence-electron chi connectivity index (χ1n) is 7.26. The summed E-state index contributed by atoms with van der Waals surface area (Å²) in [6.45, 7) is 0.378. The van der Waals surface area contributed by atoms with E-state index < -0.39 is 11.7 Å². The number of methoxy groups -OCH3 is 1. The monoisotopic (exact) mass is 328 g/mol. The van der Waals surface area contributed by atoms with Gasteiger partial charge in [-0.05, 0) is 24.1 Å². The molecule has 126 valence electrons. The molecular weight excluding hydrogens is 309 g/mol. The molecule has 1 heterocycles. The molecule has 0 amide bonds. The first-order chi connectivity index (χ1) is 10.9. The number of nitrogens with one attached hydrogen (secondary N) is 1. The minimum Gasteiger partial charge on any atom is -0.390 e. The van der Waals surface area contributed by atoms with Crippen molar-refractivity contribution in [3.05, 3.63) is 52.6 Å². The van der Waals surface area contributed by atoms with E-state index in [-0.39, 0.29) is 6.61 Å². The molecule has 0 radical (unpaired) electrons. The second kappa shape index (κ2) is 7.61. The van der Waals surface area contributed by atoms with Crippen molar-refractivity contribution < 1.29 is 23.0 Å². The molecule has 4 nitrogen and oxygen atoms in total. The number of benzene rings is 1. The summed E-state index contributed by atoms with van der Waals surface area (Å²) in [5.74, 6) is 0.708. The molecule has 0 saturated carbocycles. The molecule has 0 unspecified atom stereocenters. The topological polar surface area (TPSA) is 58.1 Å². The van der Waals surface area contributed by atoms with E-state index in [0.717, 1.165) is 23.4 Å². The van der Waals surface area contributed by atoms with Gasteiger partial charge in [0.05, 0.1) is 30.2 Å². The molecule has 0 atom stereocenters. The van der Waals surface area contributed by atoms with Crippen LogP contribution in [0.25, 0.3) is 0 Å². The molecule has 0 saturated heterocycles. The Morgan fingerprint density at radius 3 is 2.39 bits per heavy atom. The minimum atomic E-state index is -4.31. The number of hydrogen-bond acceptors (Lipinski definition) is 3. The number of hydrogen-bond donors (Lipinski definition) is 2. The molecule has 23 heavy (non-hydrogen) atoms. The number of H-pyrrole nitrogens is 1. The lowest BCUT2D eigenvalue weighted by Crippen LogP contribution is -2.04. The van der Waals surface area contributed by atoms with Crippen molar-refractivity contribution in [3.8, 4) is 0 Å². The van der Waals surface area contributed by atoms with Gasteiger partial charge in [-0.2, -0.15) is 13.2 Å². The van der Waals surface area contributed by atoms with E-state index >= 15 is 0 Å². The number of alkyl halides is 3. The number of rotatable bonds is 7. The van der Waals surface area contributed by atoms with E-state index in [4.69, 9.17) is 4.74 Å². The zero-order valence-electron chi connectivity index (χ0n) is 12.8. The predicted molar refractivity (Wildman–Crippen MR) is 78.9 cm³/mol. The lowest BCUT2D eigenvalue weighted by atomic mass is 10.1. The average molecular weight is 328 g/mol. The van der Waals surface area contributed by atoms with Crippen LogP contribution in [0.2, 0.25) is 0 Å². The first kappa shape index (κ1) is 17.5. The molecule has 0 fully saturated rings. The smallest absolute Gasteiger partial charge is 0.390 e. The highest BCUT2D eigenvalue weighted by Gasteiger charge is 2.29. The predicted octanol–water partition coefficient (Wildman–Crippen LogP) is 2.89. The molecule has 1 aromatic heterocycles. The van der Waals surface area contributed by atoms with E-state index in [9.17, 15) is 18.3 Å². The summed E-state index contributed by atoms with van der Waals surface area (Å²) >= 11 is 0. The van der Waals surface area contributed by atoms with E-state index in [1.165, 1.54) is 12.1 Å². The van der Waals surface area contributed by atoms with E-state index in [1.54, 1.807) is 7.11 Å². The van der Waals surface area contributed by atoms with Crippen molar-refractivity contribution in [2.75, 3.05) is 13.7 Å². The Hall–Kier alpha value is -1.86. The summed E-state index contributed by atoms with van der Waals surface area (Å²) in [6.07, 6.45) is -2.58. The lowest BCUT2D eigenvalue weighted by molar-refractivity contribution is -0.137. The maximum Gasteiger partial charge on any atom is 0.416 e. The summed E-state index contributed by atoms with van der Waals surface area (Å²) in [7, 11) is 1.59. The fraction of sp³-hybridized carbons (Fsp3) is 0.438. The Morgan fingerprint density at radius 1 is 1.13 bits per heavy atom. The number of imidazole rings is 1. The van der Waals surface area contributed by atoms with E-state index in [2.05, 4.69) is 9.97 Å². The molecule has 0 aliphatic carbocycles. The quantitative estimate of drug-likeness (QED) is 0.822. The highest BCUT2D eigenvalue weighted by Crippen LogP contribution is 2.29. The third-order valence-corrected chi connectivity index (χ3v) is 3.55. The number of aryl methyl sites for hydroxylation is 2. The van der Waals surface area contributed by atoms with Crippen LogP contribution >= 0.6 is 0 Å². The van der Waals surface area contributed by atoms with Crippen molar-refractivity contribution in [2.24, 2.45) is 0 Å². The van der Waals surface area contributed by atoms with Crippen LogP contribution in [0.4, 0.5) is 13.2 Å². The maximum absolute atomic E-state index is 12.5. The third-order valence-electron chi connectivity index (χ3n) is 3.55. The fourth-order valence-electron chi connectivity index (χ4n) is 2.28. The van der Waals surface area contributed by atoms with Crippen LogP contribution in [0.5, 0.6) is 0 Å². The molecule has 1 aromatic carbocycles. The van der Waals surface area contributed by atoms with Crippen LogP contribution < -0.4 is 0 Å². The number of ether oxygens (including phenoxy) is 1. The molecule has 7 heteroatoms. The van der Waals surface area contributed by atoms with Gasteiger partial charge in [-0.1, -0.05) is 12.1 Å². The van der Waals surface area contributed by atoms with Crippen molar-refractivity contribution in [1.82, 2.24) is 9.97 Å².